The van der Waals surface area contributed by atoms with Crippen LogP contribution in [0.2, 0.25) is 0 Å². The second-order valence-electron chi connectivity index (χ2n) is 7.26. The number of nitrogens with two attached hydrogens (primary N) is 1. The molecule has 0 bridgehead atoms. The summed E-state index contributed by atoms with van der Waals surface area (Å²) in [5.74, 6) is 0.671. The quantitative estimate of drug-likeness (QED) is 0.637. The van der Waals surface area contributed by atoms with Gasteiger partial charge in [-0.15, -0.1) is 0 Å². The van der Waals surface area contributed by atoms with Gasteiger partial charge in [-0.3, -0.25) is 5.73 Å². The van der Waals surface area contributed by atoms with Crippen molar-refractivity contribution in [3.05, 3.63) is 59.7 Å². The van der Waals surface area contributed by atoms with Gasteiger partial charge in [0.05, 0.1) is 19.7 Å². The highest BCUT2D eigenvalue weighted by Crippen LogP contribution is 2.22. The van der Waals surface area contributed by atoms with Crippen LogP contribution in [-0.4, -0.2) is 16.3 Å². The van der Waals surface area contributed by atoms with Crippen molar-refractivity contribution in [2.24, 2.45) is 0 Å². The van der Waals surface area contributed by atoms with E-state index in [1.807, 2.05) is 22.8 Å². The molecule has 4 nitrogen and oxygen atoms in total. The molecule has 0 unspecified atom stereocenters. The van der Waals surface area contributed by atoms with Crippen molar-refractivity contribution in [3.8, 4) is 0 Å². The molecule has 0 amide bonds. The number of benzene rings is 2. The molecule has 0 spiro atoms. The van der Waals surface area contributed by atoms with Gasteiger partial charge in [0.1, 0.15) is 11.0 Å². The smallest absolute Gasteiger partial charge is 0.356 e. The molecule has 0 fully saturated rings. The number of nitrogens with zero attached hydrogens (tertiary/aromatic N) is 2. The summed E-state index contributed by atoms with van der Waals surface area (Å²) in [6.07, 6.45) is 0. The maximum Gasteiger partial charge on any atom is 0.356 e. The molecule has 0 aliphatic carbocycles. The Bertz CT molecular complexity index is 848. The number of hydrogen-bond donors (Lipinski definition) is 2. The molecule has 0 saturated carbocycles. The standard InChI is InChI=1S/C20H25N3O.ClH/c1-20(2,3)16-10-8-15(9-11-16)14-23-18-7-5-4-6-17(18)22(12-13-24)19(23)21;/h4-11,21,24H,12-14H2,1-3H3;1H. The van der Waals surface area contributed by atoms with E-state index in [2.05, 4.69) is 55.7 Å². The molecule has 3 N–H and O–H groups in total. The molecule has 0 atom stereocenters. The van der Waals surface area contributed by atoms with E-state index in [4.69, 9.17) is 5.73 Å². The summed E-state index contributed by atoms with van der Waals surface area (Å²) in [7, 11) is 0. The third-order valence-corrected chi connectivity index (χ3v) is 4.50. The maximum atomic E-state index is 9.32. The van der Waals surface area contributed by atoms with E-state index in [-0.39, 0.29) is 24.4 Å². The van der Waals surface area contributed by atoms with E-state index in [0.717, 1.165) is 17.6 Å². The summed E-state index contributed by atoms with van der Waals surface area (Å²) >= 11 is 0. The van der Waals surface area contributed by atoms with E-state index in [9.17, 15) is 5.11 Å². The number of aliphatic hydroxyl groups excluding tert-OH is 1. The van der Waals surface area contributed by atoms with Crippen LogP contribution < -0.4 is 22.7 Å². The molecule has 1 aromatic heterocycles. The summed E-state index contributed by atoms with van der Waals surface area (Å²) in [6.45, 7) is 7.95. The van der Waals surface area contributed by atoms with E-state index in [1.54, 1.807) is 0 Å². The number of imidazole rings is 1. The number of aliphatic hydroxyl groups is 1. The van der Waals surface area contributed by atoms with Gasteiger partial charge in [-0.25, -0.2) is 9.13 Å². The van der Waals surface area contributed by atoms with Crippen molar-refractivity contribution in [2.45, 2.75) is 39.3 Å². The minimum absolute atomic E-state index is 0. The first-order valence-electron chi connectivity index (χ1n) is 8.38. The Balaban J connectivity index is 0.00000225. The molecule has 2 aromatic carbocycles. The van der Waals surface area contributed by atoms with Gasteiger partial charge in [0.25, 0.3) is 0 Å². The van der Waals surface area contributed by atoms with E-state index < -0.39 is 0 Å². The monoisotopic (exact) mass is 359 g/mol. The second-order valence-corrected chi connectivity index (χ2v) is 7.26. The predicted molar refractivity (Wildman–Crippen MR) is 97.9 cm³/mol. The highest BCUT2D eigenvalue weighted by Gasteiger charge is 2.20. The van der Waals surface area contributed by atoms with Gasteiger partial charge in [0.15, 0.2) is 0 Å². The fraction of sp³-hybridized carbons (Fsp3) is 0.350. The maximum absolute atomic E-state index is 9.32. The zero-order valence-corrected chi connectivity index (χ0v) is 15.8. The first-order chi connectivity index (χ1) is 11.4. The van der Waals surface area contributed by atoms with Crippen LogP contribution in [0.5, 0.6) is 0 Å². The van der Waals surface area contributed by atoms with Gasteiger partial charge < -0.3 is 17.5 Å². The molecule has 134 valence electrons. The highest BCUT2D eigenvalue weighted by molar-refractivity contribution is 5.73. The van der Waals surface area contributed by atoms with Crippen LogP contribution >= 0.6 is 0 Å². The number of hydrogen-bond acceptors (Lipinski definition) is 2. The van der Waals surface area contributed by atoms with E-state index in [1.165, 1.54) is 11.1 Å². The van der Waals surface area contributed by atoms with Crippen LogP contribution in [0.1, 0.15) is 31.9 Å². The van der Waals surface area contributed by atoms with Crippen molar-refractivity contribution in [2.75, 3.05) is 12.3 Å². The fourth-order valence-corrected chi connectivity index (χ4v) is 3.11. The van der Waals surface area contributed by atoms with E-state index in [0.29, 0.717) is 12.5 Å². The van der Waals surface area contributed by atoms with Gasteiger partial charge in [0, 0.05) is 0 Å². The highest BCUT2D eigenvalue weighted by atomic mass is 35.5. The first-order valence-corrected chi connectivity index (χ1v) is 8.38. The van der Waals surface area contributed by atoms with Crippen LogP contribution in [0.15, 0.2) is 48.5 Å². The van der Waals surface area contributed by atoms with Gasteiger partial charge in [-0.05, 0) is 28.7 Å². The van der Waals surface area contributed by atoms with Crippen LogP contribution in [0.25, 0.3) is 11.0 Å². The van der Waals surface area contributed by atoms with Crippen molar-refractivity contribution < 1.29 is 22.1 Å². The average Bonchev–Trinajstić information content (AvgIpc) is 2.81. The second kappa shape index (κ2) is 7.46. The SMILES string of the molecule is CC(C)(C)c1ccc(C[n+]2c(N)n(CCO)c3ccccc32)cc1.[Cl-]. The lowest BCUT2D eigenvalue weighted by Gasteiger charge is -2.19. The molecule has 0 radical (unpaired) electrons. The van der Waals surface area contributed by atoms with Crippen molar-refractivity contribution in [3.63, 3.8) is 0 Å². The minimum atomic E-state index is 0. The molecule has 0 aliphatic heterocycles. The number of para-hydroxylation sites is 2. The number of nitrogen functional groups attached to an aromatic ring is 1. The summed E-state index contributed by atoms with van der Waals surface area (Å²) in [6, 6.07) is 16.9. The normalized spacial score (nSPS) is 11.5. The summed E-state index contributed by atoms with van der Waals surface area (Å²) in [4.78, 5) is 0. The molecule has 5 heteroatoms. The van der Waals surface area contributed by atoms with Crippen molar-refractivity contribution in [1.29, 1.82) is 0 Å². The van der Waals surface area contributed by atoms with Gasteiger partial charge >= 0.3 is 5.95 Å². The van der Waals surface area contributed by atoms with Gasteiger partial charge in [-0.2, -0.15) is 0 Å². The largest absolute Gasteiger partial charge is 1.00 e. The Morgan fingerprint density at radius 2 is 1.68 bits per heavy atom. The number of anilines is 1. The minimum Gasteiger partial charge on any atom is -1.00 e. The van der Waals surface area contributed by atoms with Crippen molar-refractivity contribution >= 4 is 17.0 Å². The molecule has 0 aliphatic rings. The predicted octanol–water partition coefficient (Wildman–Crippen LogP) is -0.147. The van der Waals surface area contributed by atoms with Crippen LogP contribution in [-0.2, 0) is 18.5 Å². The first kappa shape index (κ1) is 19.3. The summed E-state index contributed by atoms with van der Waals surface area (Å²) in [5, 5.41) is 9.32. The van der Waals surface area contributed by atoms with Crippen LogP contribution in [0.3, 0.4) is 0 Å². The lowest BCUT2D eigenvalue weighted by Crippen LogP contribution is -3.00. The van der Waals surface area contributed by atoms with Gasteiger partial charge in [-0.1, -0.05) is 57.2 Å². The lowest BCUT2D eigenvalue weighted by molar-refractivity contribution is -0.648. The Morgan fingerprint density at radius 3 is 2.28 bits per heavy atom. The summed E-state index contributed by atoms with van der Waals surface area (Å²) < 4.78 is 4.08. The van der Waals surface area contributed by atoms with Gasteiger partial charge in [0.2, 0.25) is 0 Å². The van der Waals surface area contributed by atoms with Crippen LogP contribution in [0.4, 0.5) is 5.95 Å². The Labute approximate surface area is 155 Å². The average molecular weight is 360 g/mol. The molecule has 3 aromatic rings. The third kappa shape index (κ3) is 3.80. The lowest BCUT2D eigenvalue weighted by atomic mass is 9.87. The molecular weight excluding hydrogens is 334 g/mol. The van der Waals surface area contributed by atoms with Crippen molar-refractivity contribution in [1.82, 2.24) is 4.57 Å². The topological polar surface area (TPSA) is 55.1 Å². The van der Waals surface area contributed by atoms with Crippen LogP contribution in [0, 0.1) is 0 Å². The summed E-state index contributed by atoms with van der Waals surface area (Å²) in [5.41, 5.74) is 11.2. The molecule has 25 heavy (non-hydrogen) atoms. The van der Waals surface area contributed by atoms with E-state index >= 15 is 0 Å². The number of aromatic nitrogens is 2. The zero-order valence-electron chi connectivity index (χ0n) is 15.0. The Kier molecular flexibility index (Phi) is 5.76. The third-order valence-electron chi connectivity index (χ3n) is 4.50. The Hall–Kier alpha value is -2.04. The number of fused-ring (bicyclic) bond motifs is 1. The number of rotatable bonds is 4. The number of halogens is 1. The zero-order chi connectivity index (χ0) is 17.3. The molecule has 0 saturated heterocycles. The Morgan fingerprint density at radius 1 is 1.04 bits per heavy atom. The molecule has 1 heterocycles. The molecule has 3 rings (SSSR count). The fourth-order valence-electron chi connectivity index (χ4n) is 3.11. The molecular formula is C20H26ClN3O.